The highest BCUT2D eigenvalue weighted by Crippen LogP contribution is 2.52. The first-order chi connectivity index (χ1) is 13.5. The van der Waals surface area contributed by atoms with Crippen molar-refractivity contribution in [1.82, 2.24) is 0 Å². The molecule has 0 radical (unpaired) electrons. The lowest BCUT2D eigenvalue weighted by Crippen LogP contribution is -2.34. The predicted octanol–water partition coefficient (Wildman–Crippen LogP) is 5.98. The number of nitrogen functional groups attached to an aromatic ring is 1. The van der Waals surface area contributed by atoms with E-state index in [-0.39, 0.29) is 17.8 Å². The summed E-state index contributed by atoms with van der Waals surface area (Å²) >= 11 is 0. The summed E-state index contributed by atoms with van der Waals surface area (Å²) in [6.45, 7) is 7.51. The summed E-state index contributed by atoms with van der Waals surface area (Å²) in [7, 11) is 1.78. The van der Waals surface area contributed by atoms with Crippen molar-refractivity contribution in [3.63, 3.8) is 0 Å². The maximum Gasteiger partial charge on any atom is 0.145 e. The molecule has 3 rings (SSSR count). The predicted molar refractivity (Wildman–Crippen MR) is 115 cm³/mol. The van der Waals surface area contributed by atoms with Gasteiger partial charge in [-0.1, -0.05) is 52.9 Å². The third kappa shape index (κ3) is 4.27. The fraction of sp³-hybridized carbons (Fsp3) is 0.750. The highest BCUT2D eigenvalue weighted by atomic mass is 16.5. The van der Waals surface area contributed by atoms with Crippen molar-refractivity contribution in [3.05, 3.63) is 17.2 Å². The van der Waals surface area contributed by atoms with Crippen LogP contribution in [0.5, 0.6) is 11.5 Å². The van der Waals surface area contributed by atoms with Crippen LogP contribution >= 0.6 is 0 Å². The lowest BCUT2D eigenvalue weighted by molar-refractivity contribution is 0.0285. The van der Waals surface area contributed by atoms with Crippen molar-refractivity contribution >= 4 is 5.69 Å². The summed E-state index contributed by atoms with van der Waals surface area (Å²) in [5.41, 5.74) is 8.98. The molecule has 0 bridgehead atoms. The molecule has 1 aliphatic carbocycles. The van der Waals surface area contributed by atoms with Crippen molar-refractivity contribution in [1.29, 1.82) is 0 Å². The lowest BCUT2D eigenvalue weighted by atomic mass is 9.72. The molecule has 1 fully saturated rings. The smallest absolute Gasteiger partial charge is 0.145 e. The summed E-state index contributed by atoms with van der Waals surface area (Å²) in [4.78, 5) is 0. The van der Waals surface area contributed by atoms with E-state index in [9.17, 15) is 5.11 Å². The van der Waals surface area contributed by atoms with Gasteiger partial charge in [-0.3, -0.25) is 0 Å². The van der Waals surface area contributed by atoms with Crippen molar-refractivity contribution in [3.8, 4) is 11.5 Å². The Morgan fingerprint density at radius 1 is 1.25 bits per heavy atom. The number of ether oxygens (including phenoxy) is 2. The molecule has 1 saturated carbocycles. The number of anilines is 1. The van der Waals surface area contributed by atoms with Crippen molar-refractivity contribution in [2.75, 3.05) is 19.5 Å². The molecule has 2 aliphatic rings. The van der Waals surface area contributed by atoms with Gasteiger partial charge < -0.3 is 20.3 Å². The van der Waals surface area contributed by atoms with Gasteiger partial charge in [-0.15, -0.1) is 0 Å². The number of benzene rings is 1. The van der Waals surface area contributed by atoms with Gasteiger partial charge in [0.2, 0.25) is 0 Å². The highest BCUT2D eigenvalue weighted by Gasteiger charge is 2.39. The Kier molecular flexibility index (Phi) is 7.14. The van der Waals surface area contributed by atoms with Crippen LogP contribution in [-0.2, 0) is 4.74 Å². The molecule has 28 heavy (non-hydrogen) atoms. The largest absolute Gasteiger partial charge is 0.505 e. The number of methoxy groups -OCH3 is 1. The first kappa shape index (κ1) is 21.3. The Labute approximate surface area is 170 Å². The van der Waals surface area contributed by atoms with Crippen LogP contribution in [0.1, 0.15) is 95.1 Å². The van der Waals surface area contributed by atoms with Crippen molar-refractivity contribution in [2.24, 2.45) is 11.8 Å². The molecular formula is C24H39NO3. The molecule has 0 spiro atoms. The second-order valence-corrected chi connectivity index (χ2v) is 9.10. The Morgan fingerprint density at radius 2 is 2.04 bits per heavy atom. The molecule has 1 aliphatic heterocycles. The summed E-state index contributed by atoms with van der Waals surface area (Å²) in [6.07, 6.45) is 9.66. The number of rotatable bonds is 8. The summed E-state index contributed by atoms with van der Waals surface area (Å²) in [5.74, 6) is 2.65. The molecule has 3 N–H and O–H groups in total. The van der Waals surface area contributed by atoms with Gasteiger partial charge in [-0.05, 0) is 48.6 Å². The zero-order valence-electron chi connectivity index (χ0n) is 18.2. The van der Waals surface area contributed by atoms with E-state index < -0.39 is 0 Å². The quantitative estimate of drug-likeness (QED) is 0.326. The monoisotopic (exact) mass is 389 g/mol. The molecule has 5 unspecified atom stereocenters. The minimum atomic E-state index is 0.254. The maximum atomic E-state index is 11.1. The molecule has 0 amide bonds. The number of nitrogens with two attached hydrogens (primary N) is 1. The zero-order valence-corrected chi connectivity index (χ0v) is 18.2. The molecule has 0 aromatic heterocycles. The van der Waals surface area contributed by atoms with Gasteiger partial charge in [0, 0.05) is 18.6 Å². The normalized spacial score (nSPS) is 26.1. The molecule has 1 aromatic rings. The number of fused-ring (bicyclic) bond motifs is 3. The Bertz CT molecular complexity index is 660. The average molecular weight is 390 g/mol. The number of phenolic OH excluding ortho intramolecular Hbond substituents is 1. The summed E-state index contributed by atoms with van der Waals surface area (Å²) in [6, 6.07) is 2.12. The molecule has 4 heteroatoms. The number of unbranched alkanes of at least 4 members (excludes halogenated alkanes) is 3. The van der Waals surface area contributed by atoms with Crippen LogP contribution in [0.3, 0.4) is 0 Å². The minimum Gasteiger partial charge on any atom is -0.505 e. The van der Waals surface area contributed by atoms with E-state index in [0.717, 1.165) is 42.7 Å². The van der Waals surface area contributed by atoms with Crippen molar-refractivity contribution < 1.29 is 14.6 Å². The standard InChI is InChI=1S/C24H39NO3/c1-5-6-7-8-9-15(2)16(3)19-13-21-22(24(26)23(19)25)20-12-18(27-4)11-10-17(20)14-28-21/h13,15-18,20,26H,5-12,14,25H2,1-4H3. The average Bonchev–Trinajstić information content (AvgIpc) is 2.72. The van der Waals surface area contributed by atoms with Crippen LogP contribution in [0.15, 0.2) is 6.07 Å². The summed E-state index contributed by atoms with van der Waals surface area (Å²) < 4.78 is 11.7. The molecule has 5 atom stereocenters. The van der Waals surface area contributed by atoms with E-state index in [1.807, 2.05) is 0 Å². The zero-order chi connectivity index (χ0) is 20.3. The van der Waals surface area contributed by atoms with Crippen LogP contribution in [-0.4, -0.2) is 24.9 Å². The third-order valence-electron chi connectivity index (χ3n) is 7.33. The first-order valence-corrected chi connectivity index (χ1v) is 11.3. The van der Waals surface area contributed by atoms with Gasteiger partial charge in [0.15, 0.2) is 0 Å². The van der Waals surface area contributed by atoms with Crippen LogP contribution in [0.2, 0.25) is 0 Å². The lowest BCUT2D eigenvalue weighted by Gasteiger charge is -2.40. The Morgan fingerprint density at radius 3 is 2.75 bits per heavy atom. The number of phenols is 1. The van der Waals surface area contributed by atoms with Gasteiger partial charge >= 0.3 is 0 Å². The van der Waals surface area contributed by atoms with Gasteiger partial charge in [0.05, 0.1) is 18.4 Å². The van der Waals surface area contributed by atoms with Crippen LogP contribution in [0.4, 0.5) is 5.69 Å². The Hall–Kier alpha value is -1.42. The van der Waals surface area contributed by atoms with Crippen LogP contribution < -0.4 is 10.5 Å². The van der Waals surface area contributed by atoms with E-state index in [0.29, 0.717) is 23.4 Å². The highest BCUT2D eigenvalue weighted by molar-refractivity contribution is 5.68. The van der Waals surface area contributed by atoms with Gasteiger partial charge in [-0.2, -0.15) is 0 Å². The molecule has 4 nitrogen and oxygen atoms in total. The molecule has 1 heterocycles. The molecular weight excluding hydrogens is 350 g/mol. The van der Waals surface area contributed by atoms with Gasteiger partial charge in [0.1, 0.15) is 11.5 Å². The summed E-state index contributed by atoms with van der Waals surface area (Å²) in [5, 5.41) is 11.1. The second kappa shape index (κ2) is 9.39. The van der Waals surface area contributed by atoms with E-state index in [1.165, 1.54) is 32.1 Å². The maximum absolute atomic E-state index is 11.1. The molecule has 0 saturated heterocycles. The Balaban J connectivity index is 1.81. The first-order valence-electron chi connectivity index (χ1n) is 11.3. The number of hydrogen-bond donors (Lipinski definition) is 2. The molecule has 158 valence electrons. The molecule has 1 aromatic carbocycles. The number of hydrogen-bond acceptors (Lipinski definition) is 4. The SMILES string of the molecule is CCCCCCC(C)C(C)c1cc2c(c(O)c1N)C1CC(OC)CCC1CO2. The fourth-order valence-electron chi connectivity index (χ4n) is 5.16. The number of aromatic hydroxyl groups is 1. The topological polar surface area (TPSA) is 64.7 Å². The van der Waals surface area contributed by atoms with Gasteiger partial charge in [-0.25, -0.2) is 0 Å². The van der Waals surface area contributed by atoms with Crippen LogP contribution in [0.25, 0.3) is 0 Å². The van der Waals surface area contributed by atoms with E-state index >= 15 is 0 Å². The fourth-order valence-corrected chi connectivity index (χ4v) is 5.16. The van der Waals surface area contributed by atoms with E-state index in [2.05, 4.69) is 26.8 Å². The van der Waals surface area contributed by atoms with E-state index in [4.69, 9.17) is 15.2 Å². The van der Waals surface area contributed by atoms with E-state index in [1.54, 1.807) is 7.11 Å². The van der Waals surface area contributed by atoms with Crippen molar-refractivity contribution in [2.45, 2.75) is 90.1 Å². The minimum absolute atomic E-state index is 0.254. The van der Waals surface area contributed by atoms with Gasteiger partial charge in [0.25, 0.3) is 0 Å². The second-order valence-electron chi connectivity index (χ2n) is 9.10. The van der Waals surface area contributed by atoms with Crippen LogP contribution in [0, 0.1) is 11.8 Å². The third-order valence-corrected chi connectivity index (χ3v) is 7.33.